The lowest BCUT2D eigenvalue weighted by atomic mass is 10.3. The molecule has 0 aromatic carbocycles. The summed E-state index contributed by atoms with van der Waals surface area (Å²) in [6.07, 6.45) is 4.07. The van der Waals surface area contributed by atoms with Crippen molar-refractivity contribution < 1.29 is 4.92 Å². The van der Waals surface area contributed by atoms with Gasteiger partial charge in [-0.2, -0.15) is 0 Å². The maximum Gasteiger partial charge on any atom is 0.275 e. The Balaban J connectivity index is 2.52. The van der Waals surface area contributed by atoms with E-state index in [9.17, 15) is 10.1 Å². The minimum Gasteiger partial charge on any atom is -0.362 e. The molecule has 1 heterocycles. The zero-order valence-electron chi connectivity index (χ0n) is 7.88. The Morgan fingerprint density at radius 2 is 2.53 bits per heavy atom. The molecular formula is C8H11N5O2. The van der Waals surface area contributed by atoms with E-state index in [1.54, 1.807) is 18.5 Å². The minimum absolute atomic E-state index is 0.142. The van der Waals surface area contributed by atoms with Crippen LogP contribution in [0, 0.1) is 10.1 Å². The van der Waals surface area contributed by atoms with Crippen molar-refractivity contribution in [1.29, 1.82) is 0 Å². The smallest absolute Gasteiger partial charge is 0.275 e. The van der Waals surface area contributed by atoms with E-state index in [1.165, 1.54) is 0 Å². The summed E-state index contributed by atoms with van der Waals surface area (Å²) in [5.41, 5.74) is 3.10. The molecule has 0 saturated carbocycles. The standard InChI is InChI=1S/C8H11N5O2/c9-12-8(6-13(14)15)11-5-7-2-1-3-10-4-7/h1-4,6,11-12H,5,9H2. The Hall–Kier alpha value is -2.15. The van der Waals surface area contributed by atoms with E-state index in [4.69, 9.17) is 5.84 Å². The summed E-state index contributed by atoms with van der Waals surface area (Å²) < 4.78 is 0. The molecule has 1 aromatic heterocycles. The molecule has 1 aromatic rings. The van der Waals surface area contributed by atoms with Crippen LogP contribution in [0.25, 0.3) is 0 Å². The van der Waals surface area contributed by atoms with Gasteiger partial charge in [-0.1, -0.05) is 6.07 Å². The number of hydrogen-bond acceptors (Lipinski definition) is 6. The zero-order valence-corrected chi connectivity index (χ0v) is 7.88. The normalized spacial score (nSPS) is 10.9. The maximum absolute atomic E-state index is 10.2. The van der Waals surface area contributed by atoms with E-state index in [1.807, 2.05) is 6.07 Å². The average molecular weight is 209 g/mol. The molecule has 7 nitrogen and oxygen atoms in total. The van der Waals surface area contributed by atoms with E-state index >= 15 is 0 Å². The van der Waals surface area contributed by atoms with Crippen LogP contribution in [-0.4, -0.2) is 9.91 Å². The summed E-state index contributed by atoms with van der Waals surface area (Å²) in [5.74, 6) is 5.23. The van der Waals surface area contributed by atoms with Crippen molar-refractivity contribution in [1.82, 2.24) is 15.7 Å². The van der Waals surface area contributed by atoms with Crippen molar-refractivity contribution in [2.75, 3.05) is 0 Å². The van der Waals surface area contributed by atoms with E-state index < -0.39 is 4.92 Å². The highest BCUT2D eigenvalue weighted by Gasteiger charge is 1.99. The van der Waals surface area contributed by atoms with Gasteiger partial charge in [-0.05, 0) is 11.6 Å². The van der Waals surface area contributed by atoms with Gasteiger partial charge >= 0.3 is 0 Å². The Kier molecular flexibility index (Phi) is 4.05. The molecule has 1 rings (SSSR count). The summed E-state index contributed by atoms with van der Waals surface area (Å²) in [5, 5.41) is 12.9. The molecule has 0 spiro atoms. The summed E-state index contributed by atoms with van der Waals surface area (Å²) in [6, 6.07) is 3.63. The lowest BCUT2D eigenvalue weighted by molar-refractivity contribution is -0.404. The van der Waals surface area contributed by atoms with Gasteiger partial charge in [0.1, 0.15) is 0 Å². The van der Waals surface area contributed by atoms with Crippen LogP contribution in [0.5, 0.6) is 0 Å². The van der Waals surface area contributed by atoms with Crippen LogP contribution in [0.3, 0.4) is 0 Å². The largest absolute Gasteiger partial charge is 0.362 e. The van der Waals surface area contributed by atoms with E-state index in [2.05, 4.69) is 15.7 Å². The maximum atomic E-state index is 10.2. The fourth-order valence-corrected chi connectivity index (χ4v) is 0.939. The van der Waals surface area contributed by atoms with Crippen molar-refractivity contribution in [3.8, 4) is 0 Å². The molecule has 0 fully saturated rings. The highest BCUT2D eigenvalue weighted by Crippen LogP contribution is 1.95. The number of nitrogens with zero attached hydrogens (tertiary/aromatic N) is 2. The summed E-state index contributed by atoms with van der Waals surface area (Å²) in [6.45, 7) is 0.414. The third-order valence-corrected chi connectivity index (χ3v) is 1.60. The van der Waals surface area contributed by atoms with Gasteiger partial charge in [0.15, 0.2) is 5.82 Å². The molecule has 4 N–H and O–H groups in total. The monoisotopic (exact) mass is 209 g/mol. The lowest BCUT2D eigenvalue weighted by Crippen LogP contribution is -2.31. The number of aromatic nitrogens is 1. The fourth-order valence-electron chi connectivity index (χ4n) is 0.939. The second kappa shape index (κ2) is 5.55. The molecule has 0 unspecified atom stereocenters. The van der Waals surface area contributed by atoms with Crippen LogP contribution in [0.15, 0.2) is 36.5 Å². The average Bonchev–Trinajstić information content (AvgIpc) is 2.25. The summed E-state index contributed by atoms with van der Waals surface area (Å²) in [7, 11) is 0. The summed E-state index contributed by atoms with van der Waals surface area (Å²) in [4.78, 5) is 13.5. The second-order valence-electron chi connectivity index (χ2n) is 2.69. The van der Waals surface area contributed by atoms with Gasteiger partial charge in [0.05, 0.1) is 4.92 Å². The molecule has 0 radical (unpaired) electrons. The fraction of sp³-hybridized carbons (Fsp3) is 0.125. The molecule has 0 amide bonds. The number of nitro groups is 1. The first kappa shape index (κ1) is 10.9. The lowest BCUT2D eigenvalue weighted by Gasteiger charge is -2.06. The van der Waals surface area contributed by atoms with Crippen molar-refractivity contribution >= 4 is 0 Å². The first-order valence-electron chi connectivity index (χ1n) is 4.17. The number of nitrogens with one attached hydrogen (secondary N) is 2. The van der Waals surface area contributed by atoms with Gasteiger partial charge in [0, 0.05) is 18.9 Å². The van der Waals surface area contributed by atoms with Gasteiger partial charge in [-0.25, -0.2) is 5.84 Å². The Bertz CT molecular complexity index is 351. The number of nitrogens with two attached hydrogens (primary N) is 1. The van der Waals surface area contributed by atoms with Gasteiger partial charge in [0.25, 0.3) is 6.20 Å². The van der Waals surface area contributed by atoms with Gasteiger partial charge in [-0.15, -0.1) is 0 Å². The van der Waals surface area contributed by atoms with Crippen LogP contribution < -0.4 is 16.6 Å². The van der Waals surface area contributed by atoms with Crippen molar-refractivity contribution in [2.24, 2.45) is 5.84 Å². The van der Waals surface area contributed by atoms with Gasteiger partial charge in [0.2, 0.25) is 0 Å². The zero-order chi connectivity index (χ0) is 11.1. The van der Waals surface area contributed by atoms with E-state index in [-0.39, 0.29) is 5.82 Å². The van der Waals surface area contributed by atoms with Crippen LogP contribution >= 0.6 is 0 Å². The number of hydrazine groups is 1. The molecule has 0 saturated heterocycles. The van der Waals surface area contributed by atoms with Crippen LogP contribution in [0.2, 0.25) is 0 Å². The number of pyridine rings is 1. The van der Waals surface area contributed by atoms with Gasteiger partial charge < -0.3 is 10.7 Å². The number of hydrogen-bond donors (Lipinski definition) is 3. The first-order chi connectivity index (χ1) is 7.22. The predicted molar refractivity (Wildman–Crippen MR) is 53.5 cm³/mol. The molecule has 0 bridgehead atoms. The predicted octanol–water partition coefficient (Wildman–Crippen LogP) is -0.290. The molecule has 7 heteroatoms. The van der Waals surface area contributed by atoms with Crippen LogP contribution in [0.1, 0.15) is 5.56 Å². The third kappa shape index (κ3) is 4.05. The van der Waals surface area contributed by atoms with Crippen molar-refractivity contribution in [2.45, 2.75) is 6.54 Å². The molecule has 0 aliphatic carbocycles. The van der Waals surface area contributed by atoms with Crippen LogP contribution in [0.4, 0.5) is 0 Å². The molecule has 0 aliphatic heterocycles. The van der Waals surface area contributed by atoms with E-state index in [0.29, 0.717) is 6.54 Å². The molecular weight excluding hydrogens is 198 g/mol. The Labute approximate surface area is 86.1 Å². The van der Waals surface area contributed by atoms with E-state index in [0.717, 1.165) is 11.8 Å². The summed E-state index contributed by atoms with van der Waals surface area (Å²) >= 11 is 0. The molecule has 15 heavy (non-hydrogen) atoms. The van der Waals surface area contributed by atoms with Gasteiger partial charge in [-0.3, -0.25) is 15.1 Å². The number of rotatable bonds is 5. The van der Waals surface area contributed by atoms with Crippen molar-refractivity contribution in [3.63, 3.8) is 0 Å². The highest BCUT2D eigenvalue weighted by atomic mass is 16.6. The molecule has 80 valence electrons. The highest BCUT2D eigenvalue weighted by molar-refractivity contribution is 5.09. The topological polar surface area (TPSA) is 106 Å². The Morgan fingerprint density at radius 1 is 1.73 bits per heavy atom. The molecule has 0 aliphatic rings. The first-order valence-corrected chi connectivity index (χ1v) is 4.17. The quantitative estimate of drug-likeness (QED) is 0.349. The van der Waals surface area contributed by atoms with Crippen molar-refractivity contribution in [3.05, 3.63) is 52.2 Å². The molecule has 0 atom stereocenters. The minimum atomic E-state index is -0.592. The Morgan fingerprint density at radius 3 is 3.07 bits per heavy atom. The second-order valence-corrected chi connectivity index (χ2v) is 2.69. The SMILES string of the molecule is NNC(=C[N+](=O)[O-])NCc1cccnc1. The third-order valence-electron chi connectivity index (χ3n) is 1.60. The van der Waals surface area contributed by atoms with Crippen LogP contribution in [-0.2, 0) is 6.54 Å².